The van der Waals surface area contributed by atoms with E-state index in [2.05, 4.69) is 32.7 Å². The molecular weight excluding hydrogens is 276 g/mol. The molecule has 2 rings (SSSR count). The second-order valence-corrected chi connectivity index (χ2v) is 5.50. The third-order valence-electron chi connectivity index (χ3n) is 2.44. The second-order valence-electron chi connectivity index (χ2n) is 3.88. The van der Waals surface area contributed by atoms with Gasteiger partial charge in [0.15, 0.2) is 0 Å². The van der Waals surface area contributed by atoms with Crippen LogP contribution in [-0.4, -0.2) is 40.5 Å². The number of aromatic nitrogens is 1. The molecule has 1 saturated heterocycles. The molecule has 1 aromatic heterocycles. The summed E-state index contributed by atoms with van der Waals surface area (Å²) < 4.78 is 5.78. The summed E-state index contributed by atoms with van der Waals surface area (Å²) in [5.74, 6) is 0. The molecule has 5 heteroatoms. The van der Waals surface area contributed by atoms with Crippen molar-refractivity contribution in [3.8, 4) is 0 Å². The molecule has 0 radical (unpaired) electrons. The highest BCUT2D eigenvalue weighted by Crippen LogP contribution is 2.17. The van der Waals surface area contributed by atoms with E-state index >= 15 is 0 Å². The molecule has 3 nitrogen and oxygen atoms in total. The smallest absolute Gasteiger partial charge is 0.0802 e. The number of hydrogen-bond donors (Lipinski definition) is 0. The summed E-state index contributed by atoms with van der Waals surface area (Å²) in [6.07, 6.45) is 2.60. The Morgan fingerprint density at radius 1 is 1.67 bits per heavy atom. The quantitative estimate of drug-likeness (QED) is 0.798. The predicted molar refractivity (Wildman–Crippen MR) is 65.5 cm³/mol. The molecule has 84 valence electrons. The van der Waals surface area contributed by atoms with Gasteiger partial charge in [-0.05, 0) is 6.92 Å². The SMILES string of the molecule is CC1CN(Cc2cncs2)CC(CBr)O1. The molecular formula is C10H15BrN2OS. The van der Waals surface area contributed by atoms with Crippen molar-refractivity contribution in [2.24, 2.45) is 0 Å². The topological polar surface area (TPSA) is 25.4 Å². The summed E-state index contributed by atoms with van der Waals surface area (Å²) in [6, 6.07) is 0. The highest BCUT2D eigenvalue weighted by atomic mass is 79.9. The van der Waals surface area contributed by atoms with Crippen LogP contribution in [0.3, 0.4) is 0 Å². The minimum Gasteiger partial charge on any atom is -0.372 e. The molecule has 0 N–H and O–H groups in total. The fourth-order valence-electron chi connectivity index (χ4n) is 1.90. The third kappa shape index (κ3) is 3.24. The summed E-state index contributed by atoms with van der Waals surface area (Å²) in [5.41, 5.74) is 1.89. The first-order valence-corrected chi connectivity index (χ1v) is 7.09. The predicted octanol–water partition coefficient (Wildman–Crippen LogP) is 2.13. The van der Waals surface area contributed by atoms with Crippen LogP contribution in [0.4, 0.5) is 0 Å². The van der Waals surface area contributed by atoms with E-state index in [1.54, 1.807) is 11.3 Å². The van der Waals surface area contributed by atoms with Crippen LogP contribution in [0.2, 0.25) is 0 Å². The van der Waals surface area contributed by atoms with Crippen LogP contribution in [0.15, 0.2) is 11.7 Å². The van der Waals surface area contributed by atoms with Crippen molar-refractivity contribution in [2.75, 3.05) is 18.4 Å². The Balaban J connectivity index is 1.91. The van der Waals surface area contributed by atoms with Crippen LogP contribution < -0.4 is 0 Å². The molecule has 1 aromatic rings. The highest BCUT2D eigenvalue weighted by Gasteiger charge is 2.24. The summed E-state index contributed by atoms with van der Waals surface area (Å²) in [7, 11) is 0. The van der Waals surface area contributed by atoms with Gasteiger partial charge in [0.2, 0.25) is 0 Å². The molecule has 2 atom stereocenters. The molecule has 0 aromatic carbocycles. The number of rotatable bonds is 3. The Hall–Kier alpha value is 0.0300. The number of thiazole rings is 1. The maximum Gasteiger partial charge on any atom is 0.0802 e. The molecule has 0 bridgehead atoms. The van der Waals surface area contributed by atoms with Crippen LogP contribution in [-0.2, 0) is 11.3 Å². The van der Waals surface area contributed by atoms with E-state index in [-0.39, 0.29) is 0 Å². The lowest BCUT2D eigenvalue weighted by molar-refractivity contribution is -0.0675. The summed E-state index contributed by atoms with van der Waals surface area (Å²) in [5, 5.41) is 0.913. The molecule has 1 aliphatic heterocycles. The number of morpholine rings is 1. The molecule has 0 spiro atoms. The first-order chi connectivity index (χ1) is 7.28. The van der Waals surface area contributed by atoms with E-state index in [4.69, 9.17) is 4.74 Å². The Morgan fingerprint density at radius 2 is 2.53 bits per heavy atom. The largest absolute Gasteiger partial charge is 0.372 e. The molecule has 0 amide bonds. The lowest BCUT2D eigenvalue weighted by Gasteiger charge is -2.35. The van der Waals surface area contributed by atoms with Crippen molar-refractivity contribution in [2.45, 2.75) is 25.7 Å². The van der Waals surface area contributed by atoms with Crippen molar-refractivity contribution < 1.29 is 4.74 Å². The lowest BCUT2D eigenvalue weighted by Crippen LogP contribution is -2.46. The average molecular weight is 291 g/mol. The van der Waals surface area contributed by atoms with Crippen LogP contribution >= 0.6 is 27.3 Å². The minimum absolute atomic E-state index is 0.321. The zero-order valence-electron chi connectivity index (χ0n) is 8.73. The van der Waals surface area contributed by atoms with E-state index in [9.17, 15) is 0 Å². The average Bonchev–Trinajstić information content (AvgIpc) is 2.69. The van der Waals surface area contributed by atoms with Gasteiger partial charge < -0.3 is 4.74 Å². The van der Waals surface area contributed by atoms with Crippen LogP contribution in [0, 0.1) is 0 Å². The summed E-state index contributed by atoms with van der Waals surface area (Å²) >= 11 is 5.20. The van der Waals surface area contributed by atoms with Crippen molar-refractivity contribution in [1.82, 2.24) is 9.88 Å². The molecule has 2 unspecified atom stereocenters. The number of nitrogens with zero attached hydrogens (tertiary/aromatic N) is 2. The number of hydrogen-bond acceptors (Lipinski definition) is 4. The van der Waals surface area contributed by atoms with Gasteiger partial charge in [-0.2, -0.15) is 0 Å². The van der Waals surface area contributed by atoms with Gasteiger partial charge in [0.05, 0.1) is 17.7 Å². The molecule has 1 aliphatic rings. The van der Waals surface area contributed by atoms with Crippen LogP contribution in [0.1, 0.15) is 11.8 Å². The van der Waals surface area contributed by atoms with Gasteiger partial charge in [0, 0.05) is 36.0 Å². The monoisotopic (exact) mass is 290 g/mol. The standard InChI is InChI=1S/C10H15BrN2OS/c1-8-4-13(5-9(2-11)14-8)6-10-3-12-7-15-10/h3,7-9H,2,4-6H2,1H3. The van der Waals surface area contributed by atoms with Gasteiger partial charge in [-0.15, -0.1) is 11.3 Å². The summed E-state index contributed by atoms with van der Waals surface area (Å²) in [6.45, 7) is 5.16. The molecule has 0 saturated carbocycles. The van der Waals surface area contributed by atoms with E-state index in [1.165, 1.54) is 4.88 Å². The fourth-order valence-corrected chi connectivity index (χ4v) is 2.89. The second kappa shape index (κ2) is 5.39. The lowest BCUT2D eigenvalue weighted by atomic mass is 10.2. The maximum atomic E-state index is 5.78. The van der Waals surface area contributed by atoms with Gasteiger partial charge in [-0.25, -0.2) is 0 Å². The van der Waals surface area contributed by atoms with Gasteiger partial charge in [-0.3, -0.25) is 9.88 Å². The van der Waals surface area contributed by atoms with E-state index in [0.717, 1.165) is 25.0 Å². The van der Waals surface area contributed by atoms with E-state index in [1.807, 2.05) is 11.7 Å². The molecule has 15 heavy (non-hydrogen) atoms. The number of ether oxygens (including phenoxy) is 1. The minimum atomic E-state index is 0.321. The van der Waals surface area contributed by atoms with Gasteiger partial charge in [-0.1, -0.05) is 15.9 Å². The Kier molecular flexibility index (Phi) is 4.13. The van der Waals surface area contributed by atoms with E-state index < -0.39 is 0 Å². The van der Waals surface area contributed by atoms with Crippen molar-refractivity contribution in [3.05, 3.63) is 16.6 Å². The fraction of sp³-hybridized carbons (Fsp3) is 0.700. The van der Waals surface area contributed by atoms with Gasteiger partial charge in [0.1, 0.15) is 0 Å². The zero-order chi connectivity index (χ0) is 10.7. The highest BCUT2D eigenvalue weighted by molar-refractivity contribution is 9.09. The zero-order valence-corrected chi connectivity index (χ0v) is 11.1. The molecule has 1 fully saturated rings. The van der Waals surface area contributed by atoms with Crippen molar-refractivity contribution in [1.29, 1.82) is 0 Å². The van der Waals surface area contributed by atoms with Gasteiger partial charge in [0.25, 0.3) is 0 Å². The van der Waals surface area contributed by atoms with Crippen molar-refractivity contribution >= 4 is 27.3 Å². The first-order valence-electron chi connectivity index (χ1n) is 5.09. The van der Waals surface area contributed by atoms with Crippen LogP contribution in [0.5, 0.6) is 0 Å². The van der Waals surface area contributed by atoms with E-state index in [0.29, 0.717) is 12.2 Å². The first kappa shape index (κ1) is 11.5. The Morgan fingerprint density at radius 3 is 3.20 bits per heavy atom. The Labute approximate surface area is 103 Å². The van der Waals surface area contributed by atoms with Crippen molar-refractivity contribution in [3.63, 3.8) is 0 Å². The summed E-state index contributed by atoms with van der Waals surface area (Å²) in [4.78, 5) is 7.87. The normalized spacial score (nSPS) is 28.1. The van der Waals surface area contributed by atoms with Crippen LogP contribution in [0.25, 0.3) is 0 Å². The number of halogens is 1. The Bertz CT molecular complexity index is 294. The molecule has 0 aliphatic carbocycles. The third-order valence-corrected chi connectivity index (χ3v) is 3.92. The number of alkyl halides is 1. The van der Waals surface area contributed by atoms with Gasteiger partial charge >= 0.3 is 0 Å². The maximum absolute atomic E-state index is 5.78. The molecule has 2 heterocycles.